The number of hydrogen-bond donors (Lipinski definition) is 1. The fraction of sp³-hybridized carbons (Fsp3) is 0.235. The highest BCUT2D eigenvalue weighted by molar-refractivity contribution is 9.10. The lowest BCUT2D eigenvalue weighted by Crippen LogP contribution is -2.22. The summed E-state index contributed by atoms with van der Waals surface area (Å²) in [6.07, 6.45) is 0. The van der Waals surface area contributed by atoms with E-state index in [1.165, 1.54) is 5.56 Å². The fourth-order valence-electron chi connectivity index (χ4n) is 2.48. The Labute approximate surface area is 132 Å². The van der Waals surface area contributed by atoms with Crippen molar-refractivity contribution in [1.82, 2.24) is 9.55 Å². The van der Waals surface area contributed by atoms with Crippen molar-refractivity contribution < 1.29 is 5.11 Å². The number of halogens is 1. The first kappa shape index (κ1) is 14.3. The molecule has 0 saturated carbocycles. The summed E-state index contributed by atoms with van der Waals surface area (Å²) in [5.41, 5.74) is 2.14. The van der Waals surface area contributed by atoms with Crippen molar-refractivity contribution in [2.24, 2.45) is 0 Å². The van der Waals surface area contributed by atoms with Crippen LogP contribution in [0.3, 0.4) is 0 Å². The third-order valence-corrected chi connectivity index (χ3v) is 3.98. The van der Waals surface area contributed by atoms with Crippen LogP contribution in [-0.2, 0) is 12.1 Å². The zero-order valence-electron chi connectivity index (χ0n) is 12.0. The number of fused-ring (bicyclic) bond motifs is 1. The minimum absolute atomic E-state index is 0.687. The molecule has 0 bridgehead atoms. The second kappa shape index (κ2) is 5.28. The van der Waals surface area contributed by atoms with E-state index >= 15 is 0 Å². The molecule has 3 rings (SSSR count). The molecule has 21 heavy (non-hydrogen) atoms. The zero-order valence-corrected chi connectivity index (χ0v) is 13.6. The Morgan fingerprint density at radius 3 is 2.43 bits per heavy atom. The standard InChI is InChI=1S/C17H17BrN2O/c1-17(2,21)16-19-14-5-3-4-6-15(14)20(16)11-12-7-9-13(18)10-8-12/h3-10,21H,11H2,1-2H3. The smallest absolute Gasteiger partial charge is 0.141 e. The minimum Gasteiger partial charge on any atom is -0.383 e. The fourth-order valence-corrected chi connectivity index (χ4v) is 2.74. The Balaban J connectivity index is 2.13. The van der Waals surface area contributed by atoms with Gasteiger partial charge in [0, 0.05) is 11.0 Å². The summed E-state index contributed by atoms with van der Waals surface area (Å²) in [7, 11) is 0. The highest BCUT2D eigenvalue weighted by Gasteiger charge is 2.24. The molecule has 3 nitrogen and oxygen atoms in total. The van der Waals surface area contributed by atoms with Crippen LogP contribution in [0.5, 0.6) is 0 Å². The number of benzene rings is 2. The molecule has 3 aromatic rings. The molecular weight excluding hydrogens is 328 g/mol. The van der Waals surface area contributed by atoms with Crippen molar-refractivity contribution >= 4 is 27.0 Å². The molecule has 1 aromatic heterocycles. The van der Waals surface area contributed by atoms with E-state index < -0.39 is 5.60 Å². The number of aliphatic hydroxyl groups is 1. The van der Waals surface area contributed by atoms with Gasteiger partial charge < -0.3 is 9.67 Å². The molecular formula is C17H17BrN2O. The average Bonchev–Trinajstić information content (AvgIpc) is 2.81. The van der Waals surface area contributed by atoms with E-state index in [9.17, 15) is 5.11 Å². The third-order valence-electron chi connectivity index (χ3n) is 3.46. The van der Waals surface area contributed by atoms with Gasteiger partial charge in [0.1, 0.15) is 11.4 Å². The summed E-state index contributed by atoms with van der Waals surface area (Å²) < 4.78 is 3.14. The maximum atomic E-state index is 10.4. The molecule has 0 amide bonds. The lowest BCUT2D eigenvalue weighted by molar-refractivity contribution is 0.0657. The highest BCUT2D eigenvalue weighted by Crippen LogP contribution is 2.26. The molecule has 0 aliphatic heterocycles. The monoisotopic (exact) mass is 344 g/mol. The Hall–Kier alpha value is -1.65. The van der Waals surface area contributed by atoms with Crippen LogP contribution < -0.4 is 0 Å². The van der Waals surface area contributed by atoms with E-state index in [1.54, 1.807) is 13.8 Å². The summed E-state index contributed by atoms with van der Waals surface area (Å²) in [6, 6.07) is 16.2. The molecule has 2 aromatic carbocycles. The molecule has 0 spiro atoms. The van der Waals surface area contributed by atoms with Crippen LogP contribution >= 0.6 is 15.9 Å². The lowest BCUT2D eigenvalue weighted by Gasteiger charge is -2.19. The quantitative estimate of drug-likeness (QED) is 0.777. The van der Waals surface area contributed by atoms with Crippen molar-refractivity contribution in [1.29, 1.82) is 0 Å². The number of para-hydroxylation sites is 2. The van der Waals surface area contributed by atoms with E-state index in [-0.39, 0.29) is 0 Å². The number of aromatic nitrogens is 2. The number of nitrogens with zero attached hydrogens (tertiary/aromatic N) is 2. The number of imidazole rings is 1. The van der Waals surface area contributed by atoms with Crippen molar-refractivity contribution in [2.45, 2.75) is 26.0 Å². The first-order valence-corrected chi connectivity index (χ1v) is 7.67. The third kappa shape index (κ3) is 2.87. The SMILES string of the molecule is CC(C)(O)c1nc2ccccc2n1Cc1ccc(Br)cc1. The summed E-state index contributed by atoms with van der Waals surface area (Å²) in [6.45, 7) is 4.23. The molecule has 0 saturated heterocycles. The Kier molecular flexibility index (Phi) is 3.59. The molecule has 0 atom stereocenters. The number of rotatable bonds is 3. The lowest BCUT2D eigenvalue weighted by atomic mass is 10.1. The van der Waals surface area contributed by atoms with Gasteiger partial charge in [0.25, 0.3) is 0 Å². The van der Waals surface area contributed by atoms with Crippen LogP contribution in [0.1, 0.15) is 25.2 Å². The van der Waals surface area contributed by atoms with Crippen molar-refractivity contribution in [3.05, 3.63) is 64.4 Å². The van der Waals surface area contributed by atoms with Gasteiger partial charge in [-0.1, -0.05) is 40.2 Å². The van der Waals surface area contributed by atoms with Crippen molar-refractivity contribution in [3.63, 3.8) is 0 Å². The van der Waals surface area contributed by atoms with Crippen LogP contribution in [0.25, 0.3) is 11.0 Å². The Bertz CT molecular complexity index is 770. The van der Waals surface area contributed by atoms with Gasteiger partial charge in [0.15, 0.2) is 0 Å². The van der Waals surface area contributed by atoms with E-state index in [0.29, 0.717) is 12.4 Å². The Morgan fingerprint density at radius 1 is 1.10 bits per heavy atom. The van der Waals surface area contributed by atoms with Crippen LogP contribution in [0.4, 0.5) is 0 Å². The van der Waals surface area contributed by atoms with Gasteiger partial charge >= 0.3 is 0 Å². The van der Waals surface area contributed by atoms with Crippen LogP contribution in [0, 0.1) is 0 Å². The summed E-state index contributed by atoms with van der Waals surface area (Å²) in [5.74, 6) is 0.687. The first-order chi connectivity index (χ1) is 9.95. The van der Waals surface area contributed by atoms with Crippen LogP contribution in [0.2, 0.25) is 0 Å². The van der Waals surface area contributed by atoms with E-state index in [2.05, 4.69) is 37.6 Å². The van der Waals surface area contributed by atoms with Crippen LogP contribution in [0.15, 0.2) is 53.0 Å². The van der Waals surface area contributed by atoms with Gasteiger partial charge in [-0.15, -0.1) is 0 Å². The Morgan fingerprint density at radius 2 is 1.76 bits per heavy atom. The molecule has 0 aliphatic rings. The van der Waals surface area contributed by atoms with E-state index in [0.717, 1.165) is 15.5 Å². The molecule has 4 heteroatoms. The topological polar surface area (TPSA) is 38.1 Å². The molecule has 0 unspecified atom stereocenters. The molecule has 1 heterocycles. The summed E-state index contributed by atoms with van der Waals surface area (Å²) in [5, 5.41) is 10.4. The molecule has 0 radical (unpaired) electrons. The molecule has 1 N–H and O–H groups in total. The van der Waals surface area contributed by atoms with Crippen molar-refractivity contribution in [2.75, 3.05) is 0 Å². The summed E-state index contributed by atoms with van der Waals surface area (Å²) in [4.78, 5) is 4.60. The van der Waals surface area contributed by atoms with Gasteiger partial charge in [0.2, 0.25) is 0 Å². The van der Waals surface area contributed by atoms with E-state index in [1.807, 2.05) is 36.4 Å². The highest BCUT2D eigenvalue weighted by atomic mass is 79.9. The van der Waals surface area contributed by atoms with Gasteiger partial charge in [-0.25, -0.2) is 4.98 Å². The average molecular weight is 345 g/mol. The molecule has 0 fully saturated rings. The van der Waals surface area contributed by atoms with E-state index in [4.69, 9.17) is 0 Å². The zero-order chi connectivity index (χ0) is 15.0. The second-order valence-corrected chi connectivity index (χ2v) is 6.61. The van der Waals surface area contributed by atoms with Gasteiger partial charge in [-0.3, -0.25) is 0 Å². The van der Waals surface area contributed by atoms with Crippen molar-refractivity contribution in [3.8, 4) is 0 Å². The van der Waals surface area contributed by atoms with Gasteiger partial charge in [-0.05, 0) is 43.7 Å². The maximum absolute atomic E-state index is 10.4. The largest absolute Gasteiger partial charge is 0.383 e. The minimum atomic E-state index is -0.978. The number of hydrogen-bond acceptors (Lipinski definition) is 2. The summed E-state index contributed by atoms with van der Waals surface area (Å²) >= 11 is 3.45. The normalized spacial score (nSPS) is 12.0. The second-order valence-electron chi connectivity index (χ2n) is 5.70. The van der Waals surface area contributed by atoms with Crippen LogP contribution in [-0.4, -0.2) is 14.7 Å². The predicted molar refractivity (Wildman–Crippen MR) is 88.2 cm³/mol. The van der Waals surface area contributed by atoms with Gasteiger partial charge in [0.05, 0.1) is 11.0 Å². The maximum Gasteiger partial charge on any atom is 0.141 e. The molecule has 108 valence electrons. The molecule has 0 aliphatic carbocycles. The predicted octanol–water partition coefficient (Wildman–Crippen LogP) is 4.07. The first-order valence-electron chi connectivity index (χ1n) is 6.88. The van der Waals surface area contributed by atoms with Gasteiger partial charge in [-0.2, -0.15) is 0 Å².